The SMILES string of the molecule is C[N+]1(CCCN(Cc2ccccc2)C(=O)c2ccccc2)CCOCC1.[Br-]. The van der Waals surface area contributed by atoms with Crippen molar-refractivity contribution in [1.29, 1.82) is 0 Å². The average molecular weight is 433 g/mol. The van der Waals surface area contributed by atoms with Crippen molar-refractivity contribution in [3.8, 4) is 0 Å². The summed E-state index contributed by atoms with van der Waals surface area (Å²) in [5.74, 6) is 0.110. The molecule has 4 nitrogen and oxygen atoms in total. The van der Waals surface area contributed by atoms with Gasteiger partial charge in [0, 0.05) is 25.1 Å². The van der Waals surface area contributed by atoms with E-state index in [0.717, 1.165) is 55.9 Å². The highest BCUT2D eigenvalue weighted by molar-refractivity contribution is 5.94. The fraction of sp³-hybridized carbons (Fsp3) is 0.409. The van der Waals surface area contributed by atoms with Crippen LogP contribution in [0.25, 0.3) is 0 Å². The number of morpholine rings is 1. The van der Waals surface area contributed by atoms with E-state index in [1.54, 1.807) is 0 Å². The number of rotatable bonds is 7. The molecule has 0 bridgehead atoms. The minimum absolute atomic E-state index is 0. The van der Waals surface area contributed by atoms with Crippen molar-refractivity contribution in [2.45, 2.75) is 13.0 Å². The summed E-state index contributed by atoms with van der Waals surface area (Å²) in [6, 6.07) is 19.8. The smallest absolute Gasteiger partial charge is 0.254 e. The number of hydrogen-bond acceptors (Lipinski definition) is 2. The number of quaternary nitrogens is 1. The van der Waals surface area contributed by atoms with Gasteiger partial charge < -0.3 is 31.1 Å². The van der Waals surface area contributed by atoms with E-state index in [0.29, 0.717) is 6.54 Å². The van der Waals surface area contributed by atoms with Crippen LogP contribution in [0.3, 0.4) is 0 Å². The Morgan fingerprint density at radius 3 is 2.22 bits per heavy atom. The van der Waals surface area contributed by atoms with Crippen LogP contribution in [0.15, 0.2) is 60.7 Å². The predicted molar refractivity (Wildman–Crippen MR) is 104 cm³/mol. The Morgan fingerprint density at radius 2 is 1.59 bits per heavy atom. The van der Waals surface area contributed by atoms with Crippen LogP contribution in [0.5, 0.6) is 0 Å². The van der Waals surface area contributed by atoms with Gasteiger partial charge in [0.1, 0.15) is 13.1 Å². The molecule has 0 saturated carbocycles. The minimum Gasteiger partial charge on any atom is -1.00 e. The lowest BCUT2D eigenvalue weighted by Crippen LogP contribution is -3.00. The normalized spacial score (nSPS) is 15.6. The van der Waals surface area contributed by atoms with E-state index >= 15 is 0 Å². The highest BCUT2D eigenvalue weighted by Gasteiger charge is 2.25. The Bertz CT molecular complexity index is 688. The zero-order valence-electron chi connectivity index (χ0n) is 16.0. The van der Waals surface area contributed by atoms with E-state index in [4.69, 9.17) is 4.74 Å². The van der Waals surface area contributed by atoms with Crippen molar-refractivity contribution in [3.05, 3.63) is 71.8 Å². The number of hydrogen-bond donors (Lipinski definition) is 0. The van der Waals surface area contributed by atoms with Crippen LogP contribution in [-0.2, 0) is 11.3 Å². The van der Waals surface area contributed by atoms with E-state index in [-0.39, 0.29) is 22.9 Å². The lowest BCUT2D eigenvalue weighted by atomic mass is 10.1. The van der Waals surface area contributed by atoms with Crippen molar-refractivity contribution in [2.75, 3.05) is 46.4 Å². The van der Waals surface area contributed by atoms with Crippen LogP contribution in [0, 0.1) is 0 Å². The molecule has 2 aromatic carbocycles. The molecule has 1 aliphatic rings. The fourth-order valence-corrected chi connectivity index (χ4v) is 3.47. The van der Waals surface area contributed by atoms with Gasteiger partial charge in [-0.2, -0.15) is 0 Å². The largest absolute Gasteiger partial charge is 1.00 e. The molecule has 0 aliphatic carbocycles. The highest BCUT2D eigenvalue weighted by atomic mass is 79.9. The molecule has 27 heavy (non-hydrogen) atoms. The van der Waals surface area contributed by atoms with Gasteiger partial charge >= 0.3 is 0 Å². The summed E-state index contributed by atoms with van der Waals surface area (Å²) in [5, 5.41) is 0. The third-order valence-corrected chi connectivity index (χ3v) is 5.20. The second-order valence-corrected chi connectivity index (χ2v) is 7.33. The number of benzene rings is 2. The van der Waals surface area contributed by atoms with Crippen LogP contribution >= 0.6 is 0 Å². The molecule has 1 fully saturated rings. The number of likely N-dealkylation sites (N-methyl/N-ethyl adjacent to an activating group) is 1. The zero-order chi connectivity index (χ0) is 18.2. The van der Waals surface area contributed by atoms with Gasteiger partial charge in [0.15, 0.2) is 0 Å². The topological polar surface area (TPSA) is 29.5 Å². The van der Waals surface area contributed by atoms with Crippen LogP contribution in [0.4, 0.5) is 0 Å². The van der Waals surface area contributed by atoms with Gasteiger partial charge in [0.2, 0.25) is 0 Å². The standard InChI is InChI=1S/C22H29N2O2.BrH/c1-24(15-17-26-18-16-24)14-8-13-23(19-20-9-4-2-5-10-20)22(25)21-11-6-3-7-12-21;/h2-7,9-12H,8,13-19H2,1H3;1H/q+1;/p-1. The lowest BCUT2D eigenvalue weighted by molar-refractivity contribution is -0.917. The van der Waals surface area contributed by atoms with E-state index in [1.807, 2.05) is 53.4 Å². The molecular weight excluding hydrogens is 404 g/mol. The second-order valence-electron chi connectivity index (χ2n) is 7.33. The number of nitrogens with zero attached hydrogens (tertiary/aromatic N) is 2. The molecule has 0 aromatic heterocycles. The van der Waals surface area contributed by atoms with Gasteiger partial charge in [-0.25, -0.2) is 0 Å². The van der Waals surface area contributed by atoms with Gasteiger partial charge in [-0.3, -0.25) is 4.79 Å². The Hall–Kier alpha value is -1.69. The van der Waals surface area contributed by atoms with E-state index < -0.39 is 0 Å². The molecule has 3 rings (SSSR count). The zero-order valence-corrected chi connectivity index (χ0v) is 17.6. The maximum Gasteiger partial charge on any atom is 0.254 e. The van der Waals surface area contributed by atoms with Crippen LogP contribution in [0.1, 0.15) is 22.3 Å². The molecule has 2 aromatic rings. The first-order valence-electron chi connectivity index (χ1n) is 9.46. The Kier molecular flexibility index (Phi) is 8.48. The summed E-state index contributed by atoms with van der Waals surface area (Å²) >= 11 is 0. The summed E-state index contributed by atoms with van der Waals surface area (Å²) in [7, 11) is 2.29. The molecule has 146 valence electrons. The molecule has 0 unspecified atom stereocenters. The Morgan fingerprint density at radius 1 is 1.00 bits per heavy atom. The van der Waals surface area contributed by atoms with Gasteiger partial charge in [0.05, 0.1) is 26.8 Å². The quantitative estimate of drug-likeness (QED) is 0.584. The van der Waals surface area contributed by atoms with Gasteiger partial charge in [-0.15, -0.1) is 0 Å². The van der Waals surface area contributed by atoms with Crippen molar-refractivity contribution < 1.29 is 31.0 Å². The van der Waals surface area contributed by atoms with Crippen LogP contribution in [0.2, 0.25) is 0 Å². The second kappa shape index (κ2) is 10.6. The summed E-state index contributed by atoms with van der Waals surface area (Å²) in [4.78, 5) is 15.0. The monoisotopic (exact) mass is 432 g/mol. The third kappa shape index (κ3) is 6.45. The van der Waals surface area contributed by atoms with Crippen LogP contribution in [-0.4, -0.2) is 61.7 Å². The van der Waals surface area contributed by atoms with Crippen molar-refractivity contribution in [3.63, 3.8) is 0 Å². The van der Waals surface area contributed by atoms with Gasteiger partial charge in [-0.1, -0.05) is 48.5 Å². The summed E-state index contributed by atoms with van der Waals surface area (Å²) in [6.07, 6.45) is 1.00. The fourth-order valence-electron chi connectivity index (χ4n) is 3.47. The summed E-state index contributed by atoms with van der Waals surface area (Å²) < 4.78 is 6.53. The molecule has 1 aliphatic heterocycles. The van der Waals surface area contributed by atoms with Crippen molar-refractivity contribution >= 4 is 5.91 Å². The number of amides is 1. The van der Waals surface area contributed by atoms with E-state index in [2.05, 4.69) is 19.2 Å². The average Bonchev–Trinajstić information content (AvgIpc) is 2.68. The number of carbonyl (C=O) groups is 1. The molecule has 5 heteroatoms. The molecule has 1 heterocycles. The molecule has 0 atom stereocenters. The maximum atomic E-state index is 13.0. The first kappa shape index (κ1) is 21.6. The molecule has 1 saturated heterocycles. The first-order chi connectivity index (χ1) is 12.7. The highest BCUT2D eigenvalue weighted by Crippen LogP contribution is 2.13. The number of ether oxygens (including phenoxy) is 1. The van der Waals surface area contributed by atoms with Crippen molar-refractivity contribution in [1.82, 2.24) is 4.90 Å². The molecule has 1 amide bonds. The summed E-state index contributed by atoms with van der Waals surface area (Å²) in [6.45, 7) is 6.31. The van der Waals surface area contributed by atoms with E-state index in [9.17, 15) is 4.79 Å². The Balaban J connectivity index is 0.00000261. The van der Waals surface area contributed by atoms with Crippen LogP contribution < -0.4 is 17.0 Å². The molecule has 0 radical (unpaired) electrons. The first-order valence-corrected chi connectivity index (χ1v) is 9.46. The Labute approximate surface area is 173 Å². The molecule has 0 spiro atoms. The minimum atomic E-state index is 0. The molecule has 0 N–H and O–H groups in total. The number of carbonyl (C=O) groups excluding carboxylic acids is 1. The maximum absolute atomic E-state index is 13.0. The number of halogens is 1. The van der Waals surface area contributed by atoms with E-state index in [1.165, 1.54) is 5.56 Å². The lowest BCUT2D eigenvalue weighted by Gasteiger charge is -2.38. The summed E-state index contributed by atoms with van der Waals surface area (Å²) in [5.41, 5.74) is 1.93. The van der Waals surface area contributed by atoms with Crippen molar-refractivity contribution in [2.24, 2.45) is 0 Å². The van der Waals surface area contributed by atoms with Gasteiger partial charge in [0.25, 0.3) is 5.91 Å². The van der Waals surface area contributed by atoms with Gasteiger partial charge in [-0.05, 0) is 17.7 Å². The third-order valence-electron chi connectivity index (χ3n) is 5.20. The predicted octanol–water partition coefficient (Wildman–Crippen LogP) is 0.200. The molecular formula is C22H29BrN2O2.